The van der Waals surface area contributed by atoms with Gasteiger partial charge in [0.15, 0.2) is 0 Å². The van der Waals surface area contributed by atoms with Crippen LogP contribution in [0.1, 0.15) is 37.0 Å². The van der Waals surface area contributed by atoms with Crippen molar-refractivity contribution in [2.24, 2.45) is 0 Å². The Bertz CT molecular complexity index is 561. The molecule has 1 aliphatic rings. The summed E-state index contributed by atoms with van der Waals surface area (Å²) in [5, 5.41) is 9.21. The largest absolute Gasteiger partial charge is 0.317 e. The molecule has 1 aliphatic carbocycles. The first-order chi connectivity index (χ1) is 8.86. The van der Waals surface area contributed by atoms with Crippen LogP contribution in [0.3, 0.4) is 0 Å². The number of carbonyl (C=O) groups excluding carboxylic acids is 1. The Balaban J connectivity index is 2.38. The zero-order chi connectivity index (χ0) is 14.2. The molecule has 19 heavy (non-hydrogen) atoms. The maximum atomic E-state index is 13.9. The molecule has 0 bridgehead atoms. The number of halogens is 2. The van der Waals surface area contributed by atoms with Gasteiger partial charge >= 0.3 is 0 Å². The van der Waals surface area contributed by atoms with E-state index >= 15 is 0 Å². The number of hydrogen-bond acceptors (Lipinski definition) is 2. The highest BCUT2D eigenvalue weighted by Crippen LogP contribution is 2.34. The van der Waals surface area contributed by atoms with Crippen LogP contribution in [0.4, 0.5) is 4.39 Å². The topological polar surface area (TPSA) is 44.1 Å². The Labute approximate surface area is 120 Å². The van der Waals surface area contributed by atoms with Crippen molar-refractivity contribution in [3.63, 3.8) is 0 Å². The van der Waals surface area contributed by atoms with Gasteiger partial charge in [0.25, 0.3) is 5.91 Å². The predicted molar refractivity (Wildman–Crippen MR) is 73.0 cm³/mol. The molecule has 3 nitrogen and oxygen atoms in total. The summed E-state index contributed by atoms with van der Waals surface area (Å²) in [6.45, 7) is 3.36. The van der Waals surface area contributed by atoms with Gasteiger partial charge in [0, 0.05) is 10.5 Å². The third-order valence-electron chi connectivity index (χ3n) is 3.17. The lowest BCUT2D eigenvalue weighted by molar-refractivity contribution is 0.0610. The second-order valence-corrected chi connectivity index (χ2v) is 6.12. The molecule has 0 aromatic heterocycles. The van der Waals surface area contributed by atoms with E-state index in [4.69, 9.17) is 0 Å². The molecular formula is C14H14BrFN2O. The molecule has 5 heteroatoms. The van der Waals surface area contributed by atoms with Crippen LogP contribution in [0.2, 0.25) is 0 Å². The van der Waals surface area contributed by atoms with Crippen molar-refractivity contribution in [3.8, 4) is 6.07 Å². The highest BCUT2D eigenvalue weighted by molar-refractivity contribution is 9.10. The molecule has 1 saturated carbocycles. The second-order valence-electron chi connectivity index (χ2n) is 5.20. The number of amides is 1. The van der Waals surface area contributed by atoms with Crippen molar-refractivity contribution in [1.29, 1.82) is 5.26 Å². The minimum atomic E-state index is -0.933. The smallest absolute Gasteiger partial charge is 0.258 e. The van der Waals surface area contributed by atoms with Crippen LogP contribution in [-0.2, 0) is 0 Å². The molecule has 0 heterocycles. The van der Waals surface area contributed by atoms with E-state index < -0.39 is 17.3 Å². The summed E-state index contributed by atoms with van der Waals surface area (Å²) in [5.74, 6) is -0.988. The first-order valence-corrected chi connectivity index (χ1v) is 6.86. The van der Waals surface area contributed by atoms with E-state index in [9.17, 15) is 14.4 Å². The molecule has 100 valence electrons. The summed E-state index contributed by atoms with van der Waals surface area (Å²) in [4.78, 5) is 14.0. The summed E-state index contributed by atoms with van der Waals surface area (Å²) in [5.41, 5.74) is -0.920. The Morgan fingerprint density at radius 1 is 1.53 bits per heavy atom. The van der Waals surface area contributed by atoms with Crippen LogP contribution >= 0.6 is 15.9 Å². The normalized spacial score (nSPS) is 14.9. The van der Waals surface area contributed by atoms with E-state index in [1.165, 1.54) is 17.0 Å². The minimum absolute atomic E-state index is 0.0124. The van der Waals surface area contributed by atoms with Gasteiger partial charge in [-0.05, 0) is 44.9 Å². The number of nitriles is 1. The fraction of sp³-hybridized carbons (Fsp3) is 0.429. The van der Waals surface area contributed by atoms with Gasteiger partial charge in [-0.2, -0.15) is 5.26 Å². The lowest BCUT2D eigenvalue weighted by atomic mass is 10.0. The SMILES string of the molecule is CC(C)(C#N)N(C(=O)c1ccc(Br)cc1F)C1CC1. The van der Waals surface area contributed by atoms with E-state index in [0.29, 0.717) is 4.47 Å². The van der Waals surface area contributed by atoms with E-state index in [1.54, 1.807) is 19.9 Å². The Kier molecular flexibility index (Phi) is 3.64. The lowest BCUT2D eigenvalue weighted by Crippen LogP contribution is -2.48. The van der Waals surface area contributed by atoms with E-state index in [0.717, 1.165) is 12.8 Å². The number of hydrogen-bond donors (Lipinski definition) is 0. The molecule has 0 aliphatic heterocycles. The zero-order valence-electron chi connectivity index (χ0n) is 10.8. The molecule has 0 atom stereocenters. The summed E-state index contributed by atoms with van der Waals surface area (Å²) in [7, 11) is 0. The highest BCUT2D eigenvalue weighted by Gasteiger charge is 2.42. The molecular weight excluding hydrogens is 311 g/mol. The van der Waals surface area contributed by atoms with Crippen LogP contribution in [0.15, 0.2) is 22.7 Å². The lowest BCUT2D eigenvalue weighted by Gasteiger charge is -2.33. The van der Waals surface area contributed by atoms with Crippen LogP contribution in [0.5, 0.6) is 0 Å². The van der Waals surface area contributed by atoms with Crippen LogP contribution in [-0.4, -0.2) is 22.4 Å². The predicted octanol–water partition coefficient (Wildman–Crippen LogP) is 3.49. The minimum Gasteiger partial charge on any atom is -0.317 e. The third-order valence-corrected chi connectivity index (χ3v) is 3.66. The van der Waals surface area contributed by atoms with Gasteiger partial charge < -0.3 is 4.90 Å². The van der Waals surface area contributed by atoms with E-state index in [1.807, 2.05) is 0 Å². The summed E-state index contributed by atoms with van der Waals surface area (Å²) in [6, 6.07) is 6.50. The Morgan fingerprint density at radius 2 is 2.16 bits per heavy atom. The van der Waals surface area contributed by atoms with Crippen LogP contribution in [0.25, 0.3) is 0 Å². The van der Waals surface area contributed by atoms with Crippen molar-refractivity contribution in [2.75, 3.05) is 0 Å². The first-order valence-electron chi connectivity index (χ1n) is 6.07. The van der Waals surface area contributed by atoms with Gasteiger partial charge in [-0.25, -0.2) is 4.39 Å². The van der Waals surface area contributed by atoms with Crippen LogP contribution < -0.4 is 0 Å². The molecule has 1 aromatic rings. The highest BCUT2D eigenvalue weighted by atomic mass is 79.9. The van der Waals surface area contributed by atoms with E-state index in [-0.39, 0.29) is 11.6 Å². The van der Waals surface area contributed by atoms with Crippen molar-refractivity contribution in [1.82, 2.24) is 4.90 Å². The van der Waals surface area contributed by atoms with Crippen molar-refractivity contribution < 1.29 is 9.18 Å². The second kappa shape index (κ2) is 4.93. The maximum absolute atomic E-state index is 13.9. The van der Waals surface area contributed by atoms with Gasteiger partial charge in [0.1, 0.15) is 11.4 Å². The van der Waals surface area contributed by atoms with Gasteiger partial charge in [0.2, 0.25) is 0 Å². The monoisotopic (exact) mass is 324 g/mol. The average Bonchev–Trinajstić information content (AvgIpc) is 3.13. The fourth-order valence-corrected chi connectivity index (χ4v) is 2.39. The zero-order valence-corrected chi connectivity index (χ0v) is 12.4. The molecule has 0 spiro atoms. The van der Waals surface area contributed by atoms with Gasteiger partial charge in [-0.15, -0.1) is 0 Å². The first kappa shape index (κ1) is 14.0. The average molecular weight is 325 g/mol. The molecule has 1 fully saturated rings. The standard InChI is InChI=1S/C14H14BrFN2O/c1-14(2,8-17)18(10-4-5-10)13(19)11-6-3-9(15)7-12(11)16/h3,6-7,10H,4-5H2,1-2H3. The third kappa shape index (κ3) is 2.79. The van der Waals surface area contributed by atoms with Gasteiger partial charge in [0.05, 0.1) is 11.6 Å². The fourth-order valence-electron chi connectivity index (χ4n) is 2.06. The van der Waals surface area contributed by atoms with Crippen molar-refractivity contribution in [2.45, 2.75) is 38.3 Å². The summed E-state index contributed by atoms with van der Waals surface area (Å²) in [6.07, 6.45) is 1.74. The Hall–Kier alpha value is -1.41. The van der Waals surface area contributed by atoms with Crippen LogP contribution in [0, 0.1) is 17.1 Å². The molecule has 2 rings (SSSR count). The number of nitrogens with zero attached hydrogens (tertiary/aromatic N) is 2. The van der Waals surface area contributed by atoms with Crippen molar-refractivity contribution >= 4 is 21.8 Å². The molecule has 1 aromatic carbocycles. The maximum Gasteiger partial charge on any atom is 0.258 e. The molecule has 0 unspecified atom stereocenters. The molecule has 0 N–H and O–H groups in total. The quantitative estimate of drug-likeness (QED) is 0.854. The van der Waals surface area contributed by atoms with E-state index in [2.05, 4.69) is 22.0 Å². The summed E-state index contributed by atoms with van der Waals surface area (Å²) < 4.78 is 14.5. The number of rotatable bonds is 3. The number of carbonyl (C=O) groups is 1. The Morgan fingerprint density at radius 3 is 2.63 bits per heavy atom. The van der Waals surface area contributed by atoms with Gasteiger partial charge in [-0.1, -0.05) is 15.9 Å². The molecule has 0 saturated heterocycles. The molecule has 1 amide bonds. The van der Waals surface area contributed by atoms with Crippen molar-refractivity contribution in [3.05, 3.63) is 34.1 Å². The summed E-state index contributed by atoms with van der Waals surface area (Å²) >= 11 is 3.16. The molecule has 0 radical (unpaired) electrons. The number of benzene rings is 1. The van der Waals surface area contributed by atoms with Gasteiger partial charge in [-0.3, -0.25) is 4.79 Å².